The van der Waals surface area contributed by atoms with Crippen LogP contribution in [0.25, 0.3) is 11.5 Å². The minimum atomic E-state index is -0.512. The molecule has 1 aromatic carbocycles. The Hall–Kier alpha value is -1.72. The first-order valence-electron chi connectivity index (χ1n) is 6.90. The third-order valence-electron chi connectivity index (χ3n) is 3.45. The number of hydrogen-bond acceptors (Lipinski definition) is 5. The summed E-state index contributed by atoms with van der Waals surface area (Å²) in [5.74, 6) is 1.07. The van der Waals surface area contributed by atoms with Crippen LogP contribution in [-0.2, 0) is 16.9 Å². The quantitative estimate of drug-likeness (QED) is 0.877. The Morgan fingerprint density at radius 3 is 2.80 bits per heavy atom. The van der Waals surface area contributed by atoms with Gasteiger partial charge in [-0.3, -0.25) is 0 Å². The fourth-order valence-electron chi connectivity index (χ4n) is 2.03. The SMILES string of the molecule is CCOC(C)(CC)c1noc(-c2cccc(CN)c2)n1. The van der Waals surface area contributed by atoms with Crippen LogP contribution in [-0.4, -0.2) is 16.7 Å². The van der Waals surface area contributed by atoms with Gasteiger partial charge in [-0.1, -0.05) is 24.2 Å². The van der Waals surface area contributed by atoms with E-state index in [2.05, 4.69) is 10.1 Å². The second-order valence-electron chi connectivity index (χ2n) is 4.85. The van der Waals surface area contributed by atoms with Crippen molar-refractivity contribution in [2.45, 2.75) is 39.3 Å². The normalized spacial score (nSPS) is 14.2. The van der Waals surface area contributed by atoms with Gasteiger partial charge in [0.2, 0.25) is 5.82 Å². The number of benzene rings is 1. The average Bonchev–Trinajstić information content (AvgIpc) is 2.98. The lowest BCUT2D eigenvalue weighted by Gasteiger charge is -2.23. The number of aromatic nitrogens is 2. The maximum absolute atomic E-state index is 5.75. The van der Waals surface area contributed by atoms with Crippen molar-refractivity contribution in [3.63, 3.8) is 0 Å². The zero-order valence-electron chi connectivity index (χ0n) is 12.2. The first-order valence-corrected chi connectivity index (χ1v) is 6.90. The molecule has 2 N–H and O–H groups in total. The predicted molar refractivity (Wildman–Crippen MR) is 76.9 cm³/mol. The molecule has 1 unspecified atom stereocenters. The minimum absolute atomic E-state index is 0.487. The van der Waals surface area contributed by atoms with Crippen LogP contribution in [0.4, 0.5) is 0 Å². The van der Waals surface area contributed by atoms with Crippen molar-refractivity contribution in [1.29, 1.82) is 0 Å². The van der Waals surface area contributed by atoms with Crippen LogP contribution in [0.1, 0.15) is 38.6 Å². The molecule has 1 aromatic heterocycles. The van der Waals surface area contributed by atoms with E-state index in [1.807, 2.05) is 45.0 Å². The molecule has 108 valence electrons. The molecule has 5 nitrogen and oxygen atoms in total. The third kappa shape index (κ3) is 2.89. The highest BCUT2D eigenvalue weighted by molar-refractivity contribution is 5.54. The van der Waals surface area contributed by atoms with Crippen molar-refractivity contribution in [3.05, 3.63) is 35.7 Å². The van der Waals surface area contributed by atoms with Gasteiger partial charge in [0.1, 0.15) is 5.60 Å². The van der Waals surface area contributed by atoms with Crippen molar-refractivity contribution in [1.82, 2.24) is 10.1 Å². The van der Waals surface area contributed by atoms with E-state index in [1.165, 1.54) is 0 Å². The van der Waals surface area contributed by atoms with E-state index in [9.17, 15) is 0 Å². The van der Waals surface area contributed by atoms with Gasteiger partial charge in [-0.05, 0) is 38.0 Å². The Kier molecular flexibility index (Phi) is 4.52. The number of rotatable bonds is 6. The first kappa shape index (κ1) is 14.7. The van der Waals surface area contributed by atoms with E-state index in [-0.39, 0.29) is 0 Å². The van der Waals surface area contributed by atoms with Crippen LogP contribution >= 0.6 is 0 Å². The molecule has 0 spiro atoms. The number of nitrogens with zero attached hydrogens (tertiary/aromatic N) is 2. The summed E-state index contributed by atoms with van der Waals surface area (Å²) in [7, 11) is 0. The number of hydrogen-bond donors (Lipinski definition) is 1. The van der Waals surface area contributed by atoms with E-state index in [4.69, 9.17) is 15.0 Å². The fourth-order valence-corrected chi connectivity index (χ4v) is 2.03. The molecule has 0 bridgehead atoms. The lowest BCUT2D eigenvalue weighted by Crippen LogP contribution is -2.26. The maximum atomic E-state index is 5.75. The maximum Gasteiger partial charge on any atom is 0.258 e. The van der Waals surface area contributed by atoms with E-state index < -0.39 is 5.60 Å². The Morgan fingerprint density at radius 2 is 2.15 bits per heavy atom. The average molecular weight is 275 g/mol. The van der Waals surface area contributed by atoms with Crippen LogP contribution in [0.15, 0.2) is 28.8 Å². The smallest absolute Gasteiger partial charge is 0.258 e. The zero-order chi connectivity index (χ0) is 14.6. The minimum Gasteiger partial charge on any atom is -0.367 e. The van der Waals surface area contributed by atoms with Gasteiger partial charge in [0, 0.05) is 18.7 Å². The molecule has 1 heterocycles. The molecule has 0 amide bonds. The van der Waals surface area contributed by atoms with Gasteiger partial charge < -0.3 is 15.0 Å². The van der Waals surface area contributed by atoms with E-state index in [0.717, 1.165) is 17.5 Å². The van der Waals surface area contributed by atoms with Crippen LogP contribution in [0.2, 0.25) is 0 Å². The molecule has 5 heteroatoms. The Balaban J connectivity index is 2.32. The van der Waals surface area contributed by atoms with Crippen molar-refractivity contribution in [2.75, 3.05) is 6.61 Å². The lowest BCUT2D eigenvalue weighted by molar-refractivity contribution is -0.0403. The first-order chi connectivity index (χ1) is 9.62. The molecule has 0 aliphatic heterocycles. The van der Waals surface area contributed by atoms with E-state index >= 15 is 0 Å². The van der Waals surface area contributed by atoms with Gasteiger partial charge in [0.15, 0.2) is 0 Å². The molecule has 0 radical (unpaired) electrons. The number of nitrogens with two attached hydrogens (primary N) is 1. The monoisotopic (exact) mass is 275 g/mol. The molecule has 20 heavy (non-hydrogen) atoms. The van der Waals surface area contributed by atoms with Gasteiger partial charge in [-0.2, -0.15) is 4.98 Å². The summed E-state index contributed by atoms with van der Waals surface area (Å²) in [5, 5.41) is 4.07. The van der Waals surface area contributed by atoms with Gasteiger partial charge in [-0.15, -0.1) is 0 Å². The van der Waals surface area contributed by atoms with Gasteiger partial charge >= 0.3 is 0 Å². The molecule has 0 fully saturated rings. The van der Waals surface area contributed by atoms with Crippen LogP contribution in [0, 0.1) is 0 Å². The topological polar surface area (TPSA) is 74.2 Å². The van der Waals surface area contributed by atoms with Crippen LogP contribution < -0.4 is 5.73 Å². The van der Waals surface area contributed by atoms with Crippen molar-refractivity contribution >= 4 is 0 Å². The molecule has 2 rings (SSSR count). The Morgan fingerprint density at radius 1 is 1.35 bits per heavy atom. The molecule has 0 saturated carbocycles. The second-order valence-corrected chi connectivity index (χ2v) is 4.85. The molecule has 0 aliphatic rings. The predicted octanol–water partition coefficient (Wildman–Crippen LogP) is 2.86. The fraction of sp³-hybridized carbons (Fsp3) is 0.467. The highest BCUT2D eigenvalue weighted by atomic mass is 16.5. The highest BCUT2D eigenvalue weighted by Gasteiger charge is 2.31. The summed E-state index contributed by atoms with van der Waals surface area (Å²) < 4.78 is 11.1. The standard InChI is InChI=1S/C15H21N3O2/c1-4-15(3,19-5-2)14-17-13(20-18-14)12-8-6-7-11(9-12)10-16/h6-9H,4-5,10,16H2,1-3H3. The summed E-state index contributed by atoms with van der Waals surface area (Å²) in [4.78, 5) is 4.47. The summed E-state index contributed by atoms with van der Waals surface area (Å²) in [6.45, 7) is 7.07. The van der Waals surface area contributed by atoms with Crippen molar-refractivity contribution in [3.8, 4) is 11.5 Å². The molecular formula is C15H21N3O2. The molecular weight excluding hydrogens is 254 g/mol. The Bertz CT molecular complexity index is 568. The summed E-state index contributed by atoms with van der Waals surface area (Å²) in [6.07, 6.45) is 0.780. The summed E-state index contributed by atoms with van der Waals surface area (Å²) >= 11 is 0. The van der Waals surface area contributed by atoms with E-state index in [0.29, 0.717) is 24.9 Å². The summed E-state index contributed by atoms with van der Waals surface area (Å²) in [6, 6.07) is 7.79. The van der Waals surface area contributed by atoms with E-state index in [1.54, 1.807) is 0 Å². The van der Waals surface area contributed by atoms with Gasteiger partial charge in [-0.25, -0.2) is 0 Å². The molecule has 0 aliphatic carbocycles. The van der Waals surface area contributed by atoms with Gasteiger partial charge in [0.05, 0.1) is 0 Å². The van der Waals surface area contributed by atoms with Gasteiger partial charge in [0.25, 0.3) is 5.89 Å². The third-order valence-corrected chi connectivity index (χ3v) is 3.45. The van der Waals surface area contributed by atoms with Crippen molar-refractivity contribution < 1.29 is 9.26 Å². The summed E-state index contributed by atoms with van der Waals surface area (Å²) in [5.41, 5.74) is 7.04. The van der Waals surface area contributed by atoms with Crippen molar-refractivity contribution in [2.24, 2.45) is 5.73 Å². The largest absolute Gasteiger partial charge is 0.367 e. The lowest BCUT2D eigenvalue weighted by atomic mass is 10.0. The van der Waals surface area contributed by atoms with Crippen LogP contribution in [0.3, 0.4) is 0 Å². The van der Waals surface area contributed by atoms with Crippen LogP contribution in [0.5, 0.6) is 0 Å². The second kappa shape index (κ2) is 6.15. The Labute approximate surface area is 119 Å². The highest BCUT2D eigenvalue weighted by Crippen LogP contribution is 2.28. The molecule has 1 atom stereocenters. The molecule has 0 saturated heterocycles. The number of ether oxygens (including phenoxy) is 1. The zero-order valence-corrected chi connectivity index (χ0v) is 12.2. The molecule has 2 aromatic rings.